The van der Waals surface area contributed by atoms with Crippen LogP contribution in [0.4, 0.5) is 10.1 Å². The highest BCUT2D eigenvalue weighted by Crippen LogP contribution is 2.24. The van der Waals surface area contributed by atoms with Gasteiger partial charge in [0.2, 0.25) is 0 Å². The average molecular weight is 363 g/mol. The lowest BCUT2D eigenvalue weighted by atomic mass is 10.1. The highest BCUT2D eigenvalue weighted by molar-refractivity contribution is 6.10. The number of amides is 1. The third kappa shape index (κ3) is 4.02. The summed E-state index contributed by atoms with van der Waals surface area (Å²) < 4.78 is 14.5. The summed E-state index contributed by atoms with van der Waals surface area (Å²) in [5, 5.41) is 21.7. The Bertz CT molecular complexity index is 1090. The zero-order valence-electron chi connectivity index (χ0n) is 14.0. The normalized spacial score (nSPS) is 11.2. The van der Waals surface area contributed by atoms with E-state index in [2.05, 4.69) is 5.32 Å². The summed E-state index contributed by atoms with van der Waals surface area (Å²) in [4.78, 5) is 23.4. The first-order chi connectivity index (χ1) is 13.0. The van der Waals surface area contributed by atoms with Gasteiger partial charge in [-0.05, 0) is 36.4 Å². The Morgan fingerprint density at radius 2 is 1.89 bits per heavy atom. The van der Waals surface area contributed by atoms with E-state index >= 15 is 0 Å². The number of para-hydroxylation sites is 1. The molecule has 0 saturated carbocycles. The Hall–Kier alpha value is -3.92. The second kappa shape index (κ2) is 7.54. The van der Waals surface area contributed by atoms with Gasteiger partial charge in [-0.15, -0.1) is 0 Å². The smallest absolute Gasteiger partial charge is 0.323 e. The number of fused-ring (bicyclic) bond motifs is 1. The fraction of sp³-hybridized carbons (Fsp3) is 0.0500. The van der Waals surface area contributed by atoms with Gasteiger partial charge in [-0.2, -0.15) is 5.26 Å². The predicted molar refractivity (Wildman–Crippen MR) is 98.2 cm³/mol. The lowest BCUT2D eigenvalue weighted by molar-refractivity contribution is -0.137. The summed E-state index contributed by atoms with van der Waals surface area (Å²) in [6, 6.07) is 14.1. The Morgan fingerprint density at radius 3 is 2.56 bits per heavy atom. The van der Waals surface area contributed by atoms with Crippen molar-refractivity contribution in [1.29, 1.82) is 5.26 Å². The van der Waals surface area contributed by atoms with Gasteiger partial charge >= 0.3 is 5.97 Å². The van der Waals surface area contributed by atoms with Crippen LogP contribution in [-0.2, 0) is 16.1 Å². The second-order valence-electron chi connectivity index (χ2n) is 5.75. The second-order valence-corrected chi connectivity index (χ2v) is 5.75. The van der Waals surface area contributed by atoms with E-state index in [1.165, 1.54) is 34.9 Å². The number of hydrogen-bond donors (Lipinski definition) is 2. The molecule has 0 fully saturated rings. The van der Waals surface area contributed by atoms with E-state index < -0.39 is 17.7 Å². The van der Waals surface area contributed by atoms with Crippen LogP contribution in [0.5, 0.6) is 0 Å². The largest absolute Gasteiger partial charge is 0.480 e. The summed E-state index contributed by atoms with van der Waals surface area (Å²) in [5.41, 5.74) is 1.44. The Morgan fingerprint density at radius 1 is 1.19 bits per heavy atom. The number of carboxylic acid groups (broad SMARTS) is 1. The van der Waals surface area contributed by atoms with Crippen LogP contribution in [0.25, 0.3) is 17.0 Å². The molecule has 7 heteroatoms. The number of nitrogens with zero attached hydrogens (tertiary/aromatic N) is 2. The van der Waals surface area contributed by atoms with Gasteiger partial charge in [0, 0.05) is 28.4 Å². The topological polar surface area (TPSA) is 95.1 Å². The first kappa shape index (κ1) is 17.9. The molecule has 1 heterocycles. The zero-order chi connectivity index (χ0) is 19.4. The van der Waals surface area contributed by atoms with Crippen molar-refractivity contribution in [2.75, 3.05) is 5.32 Å². The van der Waals surface area contributed by atoms with Gasteiger partial charge in [-0.1, -0.05) is 18.2 Å². The van der Waals surface area contributed by atoms with Gasteiger partial charge in [-0.3, -0.25) is 9.59 Å². The number of nitriles is 1. The first-order valence-corrected chi connectivity index (χ1v) is 7.96. The van der Waals surface area contributed by atoms with Crippen LogP contribution in [0, 0.1) is 17.1 Å². The van der Waals surface area contributed by atoms with Crippen LogP contribution in [0.3, 0.4) is 0 Å². The van der Waals surface area contributed by atoms with E-state index in [0.29, 0.717) is 16.8 Å². The lowest BCUT2D eigenvalue weighted by Crippen LogP contribution is -2.13. The van der Waals surface area contributed by atoms with Gasteiger partial charge in [0.15, 0.2) is 0 Å². The van der Waals surface area contributed by atoms with Crippen molar-refractivity contribution in [1.82, 2.24) is 4.57 Å². The molecule has 0 atom stereocenters. The SMILES string of the molecule is N#C/C(=C\c1cn(CC(=O)O)c2ccccc12)C(=O)Nc1ccc(F)cc1. The molecule has 1 amide bonds. The van der Waals surface area contributed by atoms with Gasteiger partial charge in [-0.25, -0.2) is 4.39 Å². The molecule has 0 bridgehead atoms. The van der Waals surface area contributed by atoms with Crippen LogP contribution in [-0.4, -0.2) is 21.6 Å². The minimum absolute atomic E-state index is 0.155. The summed E-state index contributed by atoms with van der Waals surface area (Å²) in [6.07, 6.45) is 2.99. The molecule has 6 nitrogen and oxygen atoms in total. The number of halogens is 1. The van der Waals surface area contributed by atoms with Crippen molar-refractivity contribution in [2.24, 2.45) is 0 Å². The summed E-state index contributed by atoms with van der Waals surface area (Å²) in [7, 11) is 0. The molecule has 1 aromatic heterocycles. The Labute approximate surface area is 153 Å². The molecule has 0 saturated heterocycles. The van der Waals surface area contributed by atoms with Crippen molar-refractivity contribution in [3.63, 3.8) is 0 Å². The number of aliphatic carboxylic acids is 1. The average Bonchev–Trinajstić information content (AvgIpc) is 2.98. The molecule has 3 aromatic rings. The first-order valence-electron chi connectivity index (χ1n) is 7.96. The van der Waals surface area contributed by atoms with E-state index in [-0.39, 0.29) is 12.1 Å². The van der Waals surface area contributed by atoms with E-state index in [9.17, 15) is 19.2 Å². The maximum Gasteiger partial charge on any atom is 0.323 e. The molecule has 2 aromatic carbocycles. The maximum absolute atomic E-state index is 13.0. The summed E-state index contributed by atoms with van der Waals surface area (Å²) in [5.74, 6) is -2.07. The molecule has 134 valence electrons. The number of carboxylic acids is 1. The number of hydrogen-bond acceptors (Lipinski definition) is 3. The van der Waals surface area contributed by atoms with Crippen LogP contribution in [0.1, 0.15) is 5.56 Å². The van der Waals surface area contributed by atoms with Crippen molar-refractivity contribution in [2.45, 2.75) is 6.54 Å². The number of nitrogens with one attached hydrogen (secondary N) is 1. The molecule has 0 aliphatic rings. The van der Waals surface area contributed by atoms with E-state index in [1.54, 1.807) is 30.5 Å². The van der Waals surface area contributed by atoms with Crippen LogP contribution in [0.2, 0.25) is 0 Å². The number of carbonyl (C=O) groups excluding carboxylic acids is 1. The highest BCUT2D eigenvalue weighted by Gasteiger charge is 2.13. The Balaban J connectivity index is 1.95. The number of carbonyl (C=O) groups is 2. The third-order valence-corrected chi connectivity index (χ3v) is 3.89. The van der Waals surface area contributed by atoms with Crippen molar-refractivity contribution in [3.05, 3.63) is 71.7 Å². The van der Waals surface area contributed by atoms with Crippen LogP contribution >= 0.6 is 0 Å². The molecule has 0 aliphatic heterocycles. The van der Waals surface area contributed by atoms with Gasteiger partial charge in [0.1, 0.15) is 24.0 Å². The van der Waals surface area contributed by atoms with Crippen molar-refractivity contribution in [3.8, 4) is 6.07 Å². The zero-order valence-corrected chi connectivity index (χ0v) is 14.0. The molecule has 2 N–H and O–H groups in total. The van der Waals surface area contributed by atoms with E-state index in [0.717, 1.165) is 5.39 Å². The van der Waals surface area contributed by atoms with Crippen LogP contribution in [0.15, 0.2) is 60.3 Å². The summed E-state index contributed by atoms with van der Waals surface area (Å²) in [6.45, 7) is -0.238. The van der Waals surface area contributed by atoms with E-state index in [1.807, 2.05) is 6.07 Å². The van der Waals surface area contributed by atoms with Crippen LogP contribution < -0.4 is 5.32 Å². The predicted octanol–water partition coefficient (Wildman–Crippen LogP) is 3.41. The summed E-state index contributed by atoms with van der Waals surface area (Å²) >= 11 is 0. The monoisotopic (exact) mass is 363 g/mol. The molecule has 0 unspecified atom stereocenters. The third-order valence-electron chi connectivity index (χ3n) is 3.89. The molecule has 0 spiro atoms. The number of rotatable bonds is 5. The molecular weight excluding hydrogens is 349 g/mol. The molecule has 27 heavy (non-hydrogen) atoms. The van der Waals surface area contributed by atoms with E-state index in [4.69, 9.17) is 5.11 Å². The fourth-order valence-electron chi connectivity index (χ4n) is 2.70. The van der Waals surface area contributed by atoms with Gasteiger partial charge < -0.3 is 15.0 Å². The quantitative estimate of drug-likeness (QED) is 0.536. The highest BCUT2D eigenvalue weighted by atomic mass is 19.1. The standard InChI is InChI=1S/C20H14FN3O3/c21-15-5-7-16(8-6-15)23-20(27)13(10-22)9-14-11-24(12-19(25)26)18-4-2-1-3-17(14)18/h1-9,11H,12H2,(H,23,27)(H,25,26)/b13-9+. The fourth-order valence-corrected chi connectivity index (χ4v) is 2.70. The minimum Gasteiger partial charge on any atom is -0.480 e. The molecular formula is C20H14FN3O3. The lowest BCUT2D eigenvalue weighted by Gasteiger charge is -2.03. The van der Waals surface area contributed by atoms with Gasteiger partial charge in [0.25, 0.3) is 5.91 Å². The Kier molecular flexibility index (Phi) is 4.99. The molecule has 3 rings (SSSR count). The molecule has 0 aliphatic carbocycles. The number of benzene rings is 2. The number of aromatic nitrogens is 1. The van der Waals surface area contributed by atoms with Gasteiger partial charge in [0.05, 0.1) is 0 Å². The van der Waals surface area contributed by atoms with Crippen molar-refractivity contribution >= 4 is 34.5 Å². The minimum atomic E-state index is -0.999. The maximum atomic E-state index is 13.0. The molecule has 0 radical (unpaired) electrons. The van der Waals surface area contributed by atoms with Crippen molar-refractivity contribution < 1.29 is 19.1 Å². The number of anilines is 1.